The van der Waals surface area contributed by atoms with Gasteiger partial charge in [-0.15, -0.1) is 0 Å². The zero-order valence-corrected chi connectivity index (χ0v) is 7.09. The van der Waals surface area contributed by atoms with Gasteiger partial charge in [0.1, 0.15) is 0 Å². The predicted octanol–water partition coefficient (Wildman–Crippen LogP) is 0.968. The van der Waals surface area contributed by atoms with Gasteiger partial charge in [0.25, 0.3) is 5.92 Å². The van der Waals surface area contributed by atoms with Gasteiger partial charge < -0.3 is 5.11 Å². The van der Waals surface area contributed by atoms with Crippen LogP contribution in [0.1, 0.15) is 6.42 Å². The van der Waals surface area contributed by atoms with E-state index in [1.54, 1.807) is 0 Å². The van der Waals surface area contributed by atoms with Crippen LogP contribution in [0.2, 0.25) is 0 Å². The van der Waals surface area contributed by atoms with Crippen LogP contribution in [0.5, 0.6) is 0 Å². The van der Waals surface area contributed by atoms with Gasteiger partial charge in [0.15, 0.2) is 0 Å². The highest BCUT2D eigenvalue weighted by atomic mass is 19.3. The Morgan fingerprint density at radius 2 is 2.23 bits per heavy atom. The van der Waals surface area contributed by atoms with E-state index < -0.39 is 11.9 Å². The molecular weight excluding hydrogens is 180 g/mol. The fraction of sp³-hybridized carbons (Fsp3) is 0.625. The van der Waals surface area contributed by atoms with E-state index in [2.05, 4.69) is 6.58 Å². The molecule has 13 heavy (non-hydrogen) atoms. The Hall–Kier alpha value is -0.970. The van der Waals surface area contributed by atoms with E-state index in [0.29, 0.717) is 0 Å². The number of hydrogen-bond donors (Lipinski definition) is 1. The van der Waals surface area contributed by atoms with E-state index in [9.17, 15) is 13.6 Å². The number of carbonyl (C=O) groups is 1. The van der Waals surface area contributed by atoms with Crippen molar-refractivity contribution in [3.05, 3.63) is 12.2 Å². The van der Waals surface area contributed by atoms with Crippen LogP contribution in [0.15, 0.2) is 12.2 Å². The van der Waals surface area contributed by atoms with Crippen LogP contribution in [0.25, 0.3) is 0 Å². The summed E-state index contributed by atoms with van der Waals surface area (Å²) in [4.78, 5) is 11.7. The molecule has 0 aromatic carbocycles. The highest BCUT2D eigenvalue weighted by Crippen LogP contribution is 2.26. The molecule has 0 amide bonds. The molecule has 5 heteroatoms. The molecule has 1 N–H and O–H groups in total. The third-order valence-corrected chi connectivity index (χ3v) is 1.97. The first-order chi connectivity index (χ1) is 5.91. The molecule has 74 valence electrons. The molecule has 3 nitrogen and oxygen atoms in total. The molecule has 1 aliphatic rings. The fourth-order valence-electron chi connectivity index (χ4n) is 1.28. The quantitative estimate of drug-likeness (QED) is 0.676. The van der Waals surface area contributed by atoms with Crippen molar-refractivity contribution in [2.75, 3.05) is 19.6 Å². The van der Waals surface area contributed by atoms with Crippen molar-refractivity contribution in [1.82, 2.24) is 4.90 Å². The Morgan fingerprint density at radius 3 is 2.62 bits per heavy atom. The summed E-state index contributed by atoms with van der Waals surface area (Å²) in [6.45, 7) is 3.17. The molecule has 0 saturated carbocycles. The van der Waals surface area contributed by atoms with Gasteiger partial charge in [-0.2, -0.15) is 0 Å². The Kier molecular flexibility index (Phi) is 2.66. The number of aliphatic carboxylic acids is 1. The van der Waals surface area contributed by atoms with Crippen LogP contribution in [0.3, 0.4) is 0 Å². The van der Waals surface area contributed by atoms with E-state index in [0.717, 1.165) is 0 Å². The zero-order chi connectivity index (χ0) is 10.1. The van der Waals surface area contributed by atoms with Crippen LogP contribution in [0.4, 0.5) is 8.78 Å². The topological polar surface area (TPSA) is 40.5 Å². The molecule has 0 unspecified atom stereocenters. The van der Waals surface area contributed by atoms with Gasteiger partial charge in [-0.3, -0.25) is 4.90 Å². The smallest absolute Gasteiger partial charge is 0.332 e. The summed E-state index contributed by atoms with van der Waals surface area (Å²) in [7, 11) is 0. The van der Waals surface area contributed by atoms with Gasteiger partial charge in [-0.1, -0.05) is 6.58 Å². The van der Waals surface area contributed by atoms with E-state index in [-0.39, 0.29) is 31.6 Å². The Balaban J connectivity index is 2.41. The molecule has 0 aromatic heterocycles. The van der Waals surface area contributed by atoms with Crippen molar-refractivity contribution in [3.8, 4) is 0 Å². The van der Waals surface area contributed by atoms with E-state index >= 15 is 0 Å². The lowest BCUT2D eigenvalue weighted by atomic mass is 10.3. The molecule has 0 atom stereocenters. The first kappa shape index (κ1) is 10.1. The summed E-state index contributed by atoms with van der Waals surface area (Å²) in [6, 6.07) is 0. The lowest BCUT2D eigenvalue weighted by molar-refractivity contribution is -0.132. The Morgan fingerprint density at radius 1 is 1.62 bits per heavy atom. The van der Waals surface area contributed by atoms with E-state index in [4.69, 9.17) is 5.11 Å². The molecule has 0 bridgehead atoms. The lowest BCUT2D eigenvalue weighted by Gasteiger charge is -2.14. The SMILES string of the molecule is C=C(CN1CCC(F)(F)C1)C(=O)O. The average Bonchev–Trinajstić information content (AvgIpc) is 2.30. The van der Waals surface area contributed by atoms with Crippen LogP contribution >= 0.6 is 0 Å². The summed E-state index contributed by atoms with van der Waals surface area (Å²) in [5, 5.41) is 8.46. The summed E-state index contributed by atoms with van der Waals surface area (Å²) < 4.78 is 25.3. The van der Waals surface area contributed by atoms with Crippen molar-refractivity contribution < 1.29 is 18.7 Å². The largest absolute Gasteiger partial charge is 0.478 e. The maximum atomic E-state index is 12.6. The average molecular weight is 191 g/mol. The van der Waals surface area contributed by atoms with Gasteiger partial charge in [0.2, 0.25) is 0 Å². The van der Waals surface area contributed by atoms with Crippen LogP contribution in [-0.2, 0) is 4.79 Å². The van der Waals surface area contributed by atoms with Gasteiger partial charge in [-0.25, -0.2) is 13.6 Å². The molecule has 0 aliphatic carbocycles. The minimum Gasteiger partial charge on any atom is -0.478 e. The third kappa shape index (κ3) is 2.77. The molecule has 1 fully saturated rings. The van der Waals surface area contributed by atoms with Crippen molar-refractivity contribution in [2.45, 2.75) is 12.3 Å². The Bertz CT molecular complexity index is 240. The number of carboxylic acids is 1. The van der Waals surface area contributed by atoms with Crippen LogP contribution in [-0.4, -0.2) is 41.5 Å². The second kappa shape index (κ2) is 3.41. The summed E-state index contributed by atoms with van der Waals surface area (Å²) in [6.07, 6.45) is -0.195. The number of nitrogens with zero attached hydrogens (tertiary/aromatic N) is 1. The third-order valence-electron chi connectivity index (χ3n) is 1.97. The summed E-state index contributed by atoms with van der Waals surface area (Å²) >= 11 is 0. The first-order valence-electron chi connectivity index (χ1n) is 3.92. The van der Waals surface area contributed by atoms with Gasteiger partial charge in [-0.05, 0) is 0 Å². The molecule has 1 aliphatic heterocycles. The van der Waals surface area contributed by atoms with Gasteiger partial charge in [0.05, 0.1) is 6.54 Å². The second-order valence-electron chi connectivity index (χ2n) is 3.23. The highest BCUT2D eigenvalue weighted by Gasteiger charge is 2.38. The second-order valence-corrected chi connectivity index (χ2v) is 3.23. The molecule has 0 aromatic rings. The lowest BCUT2D eigenvalue weighted by Crippen LogP contribution is -2.28. The maximum absolute atomic E-state index is 12.6. The normalized spacial score (nSPS) is 21.7. The molecular formula is C8H11F2NO2. The number of carboxylic acid groups (broad SMARTS) is 1. The summed E-state index contributed by atoms with van der Waals surface area (Å²) in [5.74, 6) is -3.80. The zero-order valence-electron chi connectivity index (χ0n) is 7.09. The standard InChI is InChI=1S/C8H11F2NO2/c1-6(7(12)13)4-11-3-2-8(9,10)5-11/h1-5H2,(H,12,13). The van der Waals surface area contributed by atoms with Crippen LogP contribution < -0.4 is 0 Å². The minimum atomic E-state index is -2.67. The fourth-order valence-corrected chi connectivity index (χ4v) is 1.28. The van der Waals surface area contributed by atoms with E-state index in [1.165, 1.54) is 4.90 Å². The van der Waals surface area contributed by atoms with Crippen molar-refractivity contribution >= 4 is 5.97 Å². The molecule has 1 heterocycles. The van der Waals surface area contributed by atoms with Crippen LogP contribution in [0, 0.1) is 0 Å². The number of likely N-dealkylation sites (tertiary alicyclic amines) is 1. The monoisotopic (exact) mass is 191 g/mol. The van der Waals surface area contributed by atoms with Crippen molar-refractivity contribution in [2.24, 2.45) is 0 Å². The molecule has 1 rings (SSSR count). The maximum Gasteiger partial charge on any atom is 0.332 e. The summed E-state index contributed by atoms with van der Waals surface area (Å²) in [5.41, 5.74) is -0.0438. The van der Waals surface area contributed by atoms with E-state index in [1.807, 2.05) is 0 Å². The van der Waals surface area contributed by atoms with Crippen molar-refractivity contribution in [1.29, 1.82) is 0 Å². The number of hydrogen-bond acceptors (Lipinski definition) is 2. The number of rotatable bonds is 3. The van der Waals surface area contributed by atoms with Gasteiger partial charge in [0, 0.05) is 25.1 Å². The Labute approximate surface area is 74.6 Å². The molecule has 0 spiro atoms. The van der Waals surface area contributed by atoms with Gasteiger partial charge >= 0.3 is 5.97 Å². The highest BCUT2D eigenvalue weighted by molar-refractivity contribution is 5.86. The van der Waals surface area contributed by atoms with Crippen molar-refractivity contribution in [3.63, 3.8) is 0 Å². The predicted molar refractivity (Wildman–Crippen MR) is 42.8 cm³/mol. The first-order valence-corrected chi connectivity index (χ1v) is 3.92. The minimum absolute atomic E-state index is 0.0188. The molecule has 0 radical (unpaired) electrons. The number of halogens is 2. The number of alkyl halides is 2. The molecule has 1 saturated heterocycles.